The summed E-state index contributed by atoms with van der Waals surface area (Å²) in [6.45, 7) is 0. The minimum Gasteiger partial charge on any atom is -0.241 e. The molecule has 0 saturated carbocycles. The molecule has 0 spiro atoms. The largest absolute Gasteiger partial charge is 0.241 e. The lowest BCUT2D eigenvalue weighted by molar-refractivity contribution is 0.880. The minimum absolute atomic E-state index is 0.863. The number of hydrogen-bond acceptors (Lipinski definition) is 4. The lowest BCUT2D eigenvalue weighted by Gasteiger charge is -2.06. The van der Waals surface area contributed by atoms with Crippen molar-refractivity contribution in [1.29, 1.82) is 0 Å². The van der Waals surface area contributed by atoms with Gasteiger partial charge in [0.2, 0.25) is 0 Å². The number of hydrogen-bond donors (Lipinski definition) is 0. The van der Waals surface area contributed by atoms with E-state index in [4.69, 9.17) is 0 Å². The van der Waals surface area contributed by atoms with Gasteiger partial charge < -0.3 is 0 Å². The van der Waals surface area contributed by atoms with Crippen LogP contribution in [0, 0.1) is 0 Å². The fraction of sp³-hybridized carbons (Fsp3) is 0.0556. The lowest BCUT2D eigenvalue weighted by atomic mass is 10.2. The second-order valence-corrected chi connectivity index (χ2v) is 6.11. The summed E-state index contributed by atoms with van der Waals surface area (Å²) in [6.07, 6.45) is 5.52. The fourth-order valence-electron chi connectivity index (χ4n) is 2.43. The average Bonchev–Trinajstić information content (AvgIpc) is 3.15. The van der Waals surface area contributed by atoms with Crippen molar-refractivity contribution in [3.05, 3.63) is 78.8 Å². The molecule has 112 valence electrons. The maximum Gasteiger partial charge on any atom is 0.127 e. The first-order chi connectivity index (χ1) is 11.4. The highest BCUT2D eigenvalue weighted by Gasteiger charge is 2.04. The van der Waals surface area contributed by atoms with E-state index in [1.807, 2.05) is 29.1 Å². The maximum atomic E-state index is 4.28. The summed E-state index contributed by atoms with van der Waals surface area (Å²) in [7, 11) is 0. The highest BCUT2D eigenvalue weighted by atomic mass is 32.2. The van der Waals surface area contributed by atoms with Gasteiger partial charge in [0.05, 0.1) is 11.9 Å². The van der Waals surface area contributed by atoms with Crippen LogP contribution in [0.4, 0.5) is 0 Å². The smallest absolute Gasteiger partial charge is 0.127 e. The molecule has 0 aliphatic heterocycles. The van der Waals surface area contributed by atoms with Gasteiger partial charge >= 0.3 is 0 Å². The molecule has 2 aromatic heterocycles. The SMILES string of the molecule is c1ccc2c(SCc3ccc(-n4cccn4)cc3)nncc2c1. The van der Waals surface area contributed by atoms with E-state index in [9.17, 15) is 0 Å². The van der Waals surface area contributed by atoms with Crippen LogP contribution in [0.2, 0.25) is 0 Å². The quantitative estimate of drug-likeness (QED) is 0.531. The monoisotopic (exact) mass is 318 g/mol. The zero-order valence-corrected chi connectivity index (χ0v) is 13.1. The molecule has 23 heavy (non-hydrogen) atoms. The van der Waals surface area contributed by atoms with Gasteiger partial charge in [-0.15, -0.1) is 5.10 Å². The highest BCUT2D eigenvalue weighted by molar-refractivity contribution is 7.98. The number of aromatic nitrogens is 4. The third kappa shape index (κ3) is 2.96. The Morgan fingerprint density at radius 3 is 2.65 bits per heavy atom. The van der Waals surface area contributed by atoms with E-state index in [2.05, 4.69) is 51.7 Å². The first kappa shape index (κ1) is 14.0. The van der Waals surface area contributed by atoms with E-state index in [0.717, 1.165) is 27.2 Å². The van der Waals surface area contributed by atoms with E-state index >= 15 is 0 Å². The molecule has 0 aliphatic carbocycles. The second-order valence-electron chi connectivity index (χ2n) is 5.14. The molecule has 4 nitrogen and oxygen atoms in total. The number of rotatable bonds is 4. The number of benzene rings is 2. The molecule has 2 aromatic carbocycles. The second kappa shape index (κ2) is 6.22. The van der Waals surface area contributed by atoms with E-state index < -0.39 is 0 Å². The number of nitrogens with zero attached hydrogens (tertiary/aromatic N) is 4. The van der Waals surface area contributed by atoms with E-state index in [1.54, 1.807) is 24.2 Å². The Labute approximate surface area is 138 Å². The minimum atomic E-state index is 0.863. The first-order valence-electron chi connectivity index (χ1n) is 7.32. The maximum absolute atomic E-state index is 4.28. The summed E-state index contributed by atoms with van der Waals surface area (Å²) in [5.74, 6) is 0.863. The van der Waals surface area contributed by atoms with Crippen molar-refractivity contribution < 1.29 is 0 Å². The molecule has 0 saturated heterocycles. The molecule has 2 heterocycles. The van der Waals surface area contributed by atoms with E-state index in [0.29, 0.717) is 0 Å². The van der Waals surface area contributed by atoms with Crippen LogP contribution in [0.15, 0.2) is 78.2 Å². The molecular formula is C18H14N4S. The fourth-order valence-corrected chi connectivity index (χ4v) is 3.37. The van der Waals surface area contributed by atoms with E-state index in [-0.39, 0.29) is 0 Å². The van der Waals surface area contributed by atoms with Crippen molar-refractivity contribution in [3.8, 4) is 5.69 Å². The van der Waals surface area contributed by atoms with Crippen molar-refractivity contribution in [2.24, 2.45) is 0 Å². The summed E-state index contributed by atoms with van der Waals surface area (Å²) in [4.78, 5) is 0. The first-order valence-corrected chi connectivity index (χ1v) is 8.31. The summed E-state index contributed by atoms with van der Waals surface area (Å²) in [5.41, 5.74) is 2.31. The Morgan fingerprint density at radius 1 is 0.957 bits per heavy atom. The normalized spacial score (nSPS) is 11.0. The van der Waals surface area contributed by atoms with Gasteiger partial charge in [0.25, 0.3) is 0 Å². The molecule has 0 radical (unpaired) electrons. The van der Waals surface area contributed by atoms with Gasteiger partial charge in [-0.05, 0) is 23.8 Å². The molecule has 4 rings (SSSR count). The van der Waals surface area contributed by atoms with Gasteiger partial charge in [-0.1, -0.05) is 48.2 Å². The summed E-state index contributed by atoms with van der Waals surface area (Å²) in [6, 6.07) is 18.5. The lowest BCUT2D eigenvalue weighted by Crippen LogP contribution is -1.94. The van der Waals surface area contributed by atoms with Gasteiger partial charge in [0.15, 0.2) is 0 Å². The Balaban J connectivity index is 1.52. The van der Waals surface area contributed by atoms with Crippen molar-refractivity contribution in [2.45, 2.75) is 10.8 Å². The van der Waals surface area contributed by atoms with Crippen LogP contribution < -0.4 is 0 Å². The van der Waals surface area contributed by atoms with Gasteiger partial charge in [-0.25, -0.2) is 4.68 Å². The van der Waals surface area contributed by atoms with Crippen LogP contribution in [0.25, 0.3) is 16.5 Å². The average molecular weight is 318 g/mol. The molecule has 0 N–H and O–H groups in total. The van der Waals surface area contributed by atoms with Gasteiger partial charge in [0.1, 0.15) is 5.03 Å². The zero-order valence-electron chi connectivity index (χ0n) is 12.3. The highest BCUT2D eigenvalue weighted by Crippen LogP contribution is 2.27. The van der Waals surface area contributed by atoms with Crippen molar-refractivity contribution in [1.82, 2.24) is 20.0 Å². The molecule has 0 fully saturated rings. The third-order valence-electron chi connectivity index (χ3n) is 3.62. The van der Waals surface area contributed by atoms with E-state index in [1.165, 1.54) is 5.56 Å². The van der Waals surface area contributed by atoms with Crippen molar-refractivity contribution >= 4 is 22.5 Å². The Bertz CT molecular complexity index is 912. The Kier molecular flexibility index (Phi) is 3.78. The molecule has 0 unspecified atom stereocenters. The van der Waals surface area contributed by atoms with Crippen LogP contribution in [-0.2, 0) is 5.75 Å². The summed E-state index contributed by atoms with van der Waals surface area (Å²) < 4.78 is 1.85. The summed E-state index contributed by atoms with van der Waals surface area (Å²) >= 11 is 1.71. The van der Waals surface area contributed by atoms with Crippen LogP contribution >= 0.6 is 11.8 Å². The number of fused-ring (bicyclic) bond motifs is 1. The molecule has 0 bridgehead atoms. The Morgan fingerprint density at radius 2 is 1.83 bits per heavy atom. The third-order valence-corrected chi connectivity index (χ3v) is 4.67. The molecule has 0 amide bonds. The molecule has 4 aromatic rings. The van der Waals surface area contributed by atoms with Crippen LogP contribution in [0.5, 0.6) is 0 Å². The van der Waals surface area contributed by atoms with Gasteiger partial charge in [-0.2, -0.15) is 10.2 Å². The standard InChI is InChI=1S/C18H14N4S/c1-2-5-17-15(4-1)12-19-21-18(17)23-13-14-6-8-16(9-7-14)22-11-3-10-20-22/h1-12H,13H2. The van der Waals surface area contributed by atoms with Crippen LogP contribution in [-0.4, -0.2) is 20.0 Å². The van der Waals surface area contributed by atoms with Crippen LogP contribution in [0.1, 0.15) is 5.56 Å². The number of thioether (sulfide) groups is 1. The zero-order chi connectivity index (χ0) is 15.5. The molecule has 5 heteroatoms. The van der Waals surface area contributed by atoms with Crippen molar-refractivity contribution in [3.63, 3.8) is 0 Å². The van der Waals surface area contributed by atoms with Crippen molar-refractivity contribution in [2.75, 3.05) is 0 Å². The van der Waals surface area contributed by atoms with Gasteiger partial charge in [0, 0.05) is 28.9 Å². The molecular weight excluding hydrogens is 304 g/mol. The molecule has 0 atom stereocenters. The Hall–Kier alpha value is -2.66. The topological polar surface area (TPSA) is 43.6 Å². The predicted molar refractivity (Wildman–Crippen MR) is 92.7 cm³/mol. The summed E-state index contributed by atoms with van der Waals surface area (Å²) in [5, 5.41) is 15.9. The van der Waals surface area contributed by atoms with Gasteiger partial charge in [-0.3, -0.25) is 0 Å². The van der Waals surface area contributed by atoms with Crippen LogP contribution in [0.3, 0.4) is 0 Å². The predicted octanol–water partition coefficient (Wildman–Crippen LogP) is 4.11. The molecule has 0 aliphatic rings.